The van der Waals surface area contributed by atoms with Crippen molar-refractivity contribution in [2.75, 3.05) is 40.4 Å². The van der Waals surface area contributed by atoms with Crippen LogP contribution in [0.25, 0.3) is 0 Å². The van der Waals surface area contributed by atoms with Crippen LogP contribution in [0.15, 0.2) is 33.6 Å². The van der Waals surface area contributed by atoms with Crippen molar-refractivity contribution >= 4 is 26.0 Å². The van der Waals surface area contributed by atoms with Gasteiger partial charge < -0.3 is 14.7 Å². The van der Waals surface area contributed by atoms with E-state index in [1.54, 1.807) is 35.6 Å². The number of rotatable bonds is 13. The molecule has 0 spiro atoms. The third-order valence-electron chi connectivity index (χ3n) is 5.92. The fourth-order valence-corrected chi connectivity index (χ4v) is 5.59. The first kappa shape index (κ1) is 25.7. The zero-order valence-electron chi connectivity index (χ0n) is 18.3. The van der Waals surface area contributed by atoms with E-state index >= 15 is 0 Å². The average molecular weight is 506 g/mol. The molecule has 172 valence electrons. The van der Waals surface area contributed by atoms with Gasteiger partial charge in [0.15, 0.2) is 0 Å². The van der Waals surface area contributed by atoms with Crippen molar-refractivity contribution < 1.29 is 18.3 Å². The minimum atomic E-state index is -3.46. The fourth-order valence-electron chi connectivity index (χ4n) is 3.91. The van der Waals surface area contributed by atoms with Gasteiger partial charge in [-0.1, -0.05) is 28.8 Å². The van der Waals surface area contributed by atoms with Crippen molar-refractivity contribution in [3.63, 3.8) is 0 Å². The molecule has 8 heteroatoms. The average Bonchev–Trinajstić information content (AvgIpc) is 2.73. The summed E-state index contributed by atoms with van der Waals surface area (Å²) in [5, 5.41) is 8.89. The van der Waals surface area contributed by atoms with Gasteiger partial charge in [0, 0.05) is 30.7 Å². The van der Waals surface area contributed by atoms with Gasteiger partial charge >= 0.3 is 0 Å². The Morgan fingerprint density at radius 3 is 2.27 bits per heavy atom. The first-order valence-corrected chi connectivity index (χ1v) is 13.2. The maximum atomic E-state index is 12.9. The smallest absolute Gasteiger partial charge is 0.243 e. The van der Waals surface area contributed by atoms with Gasteiger partial charge in [0.2, 0.25) is 10.0 Å². The lowest BCUT2D eigenvalue weighted by Gasteiger charge is -2.34. The summed E-state index contributed by atoms with van der Waals surface area (Å²) < 4.78 is 34.2. The Morgan fingerprint density at radius 2 is 1.63 bits per heavy atom. The van der Waals surface area contributed by atoms with E-state index in [1.807, 2.05) is 7.05 Å². The Kier molecular flexibility index (Phi) is 11.3. The second-order valence-corrected chi connectivity index (χ2v) is 11.1. The number of ether oxygens (including phenoxy) is 1. The third-order valence-corrected chi connectivity index (χ3v) is 8.37. The van der Waals surface area contributed by atoms with Gasteiger partial charge in [0.25, 0.3) is 0 Å². The first-order chi connectivity index (χ1) is 14.3. The van der Waals surface area contributed by atoms with Crippen LogP contribution >= 0.6 is 15.9 Å². The molecule has 0 aromatic heterocycles. The van der Waals surface area contributed by atoms with Crippen LogP contribution in [0.5, 0.6) is 0 Å². The van der Waals surface area contributed by atoms with Crippen molar-refractivity contribution in [1.82, 2.24) is 9.21 Å². The lowest BCUT2D eigenvalue weighted by Crippen LogP contribution is -2.40. The van der Waals surface area contributed by atoms with E-state index in [1.165, 1.54) is 6.42 Å². The summed E-state index contributed by atoms with van der Waals surface area (Å²) in [6.45, 7) is 2.78. The van der Waals surface area contributed by atoms with Gasteiger partial charge in [-0.15, -0.1) is 0 Å². The van der Waals surface area contributed by atoms with Crippen molar-refractivity contribution in [3.8, 4) is 0 Å². The molecule has 6 nitrogen and oxygen atoms in total. The van der Waals surface area contributed by atoms with Crippen molar-refractivity contribution in [2.24, 2.45) is 0 Å². The van der Waals surface area contributed by atoms with Gasteiger partial charge in [0.1, 0.15) is 0 Å². The largest absolute Gasteiger partial charge is 0.395 e. The number of likely N-dealkylation sites (N-methyl/N-ethyl adjacent to an activating group) is 1. The zero-order valence-corrected chi connectivity index (χ0v) is 20.7. The van der Waals surface area contributed by atoms with E-state index in [2.05, 4.69) is 20.8 Å². The lowest BCUT2D eigenvalue weighted by molar-refractivity contribution is 0.0156. The summed E-state index contributed by atoms with van der Waals surface area (Å²) in [6, 6.07) is 6.86. The summed E-state index contributed by atoms with van der Waals surface area (Å²) in [5.41, 5.74) is 0. The number of nitrogens with zero attached hydrogens (tertiary/aromatic N) is 2. The van der Waals surface area contributed by atoms with Gasteiger partial charge in [-0.2, -0.15) is 4.31 Å². The predicted octanol–water partition coefficient (Wildman–Crippen LogP) is 3.88. The van der Waals surface area contributed by atoms with Crippen LogP contribution in [0, 0.1) is 0 Å². The molecule has 0 heterocycles. The van der Waals surface area contributed by atoms with E-state index in [9.17, 15) is 8.42 Å². The summed E-state index contributed by atoms with van der Waals surface area (Å²) in [5.74, 6) is 0. The molecule has 1 saturated carbocycles. The molecule has 1 N–H and O–H groups in total. The Bertz CT molecular complexity index is 706. The molecule has 0 radical (unpaired) electrons. The van der Waals surface area contributed by atoms with Crippen LogP contribution in [0.3, 0.4) is 0 Å². The summed E-state index contributed by atoms with van der Waals surface area (Å²) >= 11 is 3.35. The maximum absolute atomic E-state index is 12.9. The highest BCUT2D eigenvalue weighted by Crippen LogP contribution is 2.28. The van der Waals surface area contributed by atoms with E-state index in [-0.39, 0.29) is 18.8 Å². The van der Waals surface area contributed by atoms with Gasteiger partial charge in [-0.05, 0) is 76.4 Å². The van der Waals surface area contributed by atoms with E-state index in [0.29, 0.717) is 4.90 Å². The van der Waals surface area contributed by atoms with Crippen LogP contribution in [0.2, 0.25) is 0 Å². The Morgan fingerprint density at radius 1 is 1.00 bits per heavy atom. The van der Waals surface area contributed by atoms with Crippen molar-refractivity contribution in [2.45, 2.75) is 68.4 Å². The van der Waals surface area contributed by atoms with Crippen molar-refractivity contribution in [3.05, 3.63) is 28.7 Å². The normalized spacial score (nSPS) is 20.2. The SMILES string of the molecule is CN(CCO)CCCCCCO[C@H]1CC[C@H](N(C)S(=O)(=O)c2ccc(Br)cc2)CC1. The number of unbranched alkanes of at least 4 members (excludes halogenated alkanes) is 3. The molecular formula is C22H37BrN2O4S. The molecule has 0 bridgehead atoms. The number of sulfonamides is 1. The molecule has 1 aromatic carbocycles. The molecule has 1 fully saturated rings. The lowest BCUT2D eigenvalue weighted by atomic mass is 9.93. The Labute approximate surface area is 190 Å². The zero-order chi connectivity index (χ0) is 22.0. The number of hydrogen-bond acceptors (Lipinski definition) is 5. The monoisotopic (exact) mass is 504 g/mol. The van der Waals surface area contributed by atoms with Crippen molar-refractivity contribution in [1.29, 1.82) is 0 Å². The number of halogens is 1. The highest BCUT2D eigenvalue weighted by molar-refractivity contribution is 9.10. The molecule has 30 heavy (non-hydrogen) atoms. The highest BCUT2D eigenvalue weighted by Gasteiger charge is 2.31. The van der Waals surface area contributed by atoms with E-state index in [0.717, 1.165) is 69.1 Å². The summed E-state index contributed by atoms with van der Waals surface area (Å²) in [7, 11) is 0.276. The standard InChI is InChI=1S/C22H37BrN2O4S/c1-24(16-17-26)15-5-3-4-6-18-29-21-11-9-20(10-12-21)25(2)30(27,28)22-13-7-19(23)8-14-22/h7-8,13-14,20-21,26H,3-6,9-12,15-18H2,1-2H3/t20-,21-. The number of hydrogen-bond donors (Lipinski definition) is 1. The number of benzene rings is 1. The number of aliphatic hydroxyl groups is 1. The molecule has 1 aliphatic rings. The van der Waals surface area contributed by atoms with Crippen LogP contribution in [0.1, 0.15) is 51.4 Å². The molecule has 0 saturated heterocycles. The van der Waals surface area contributed by atoms with Crippen LogP contribution < -0.4 is 0 Å². The van der Waals surface area contributed by atoms with E-state index in [4.69, 9.17) is 9.84 Å². The Hall–Kier alpha value is -0.510. The van der Waals surface area contributed by atoms with E-state index < -0.39 is 10.0 Å². The molecule has 0 amide bonds. The number of aliphatic hydroxyl groups excluding tert-OH is 1. The minimum Gasteiger partial charge on any atom is -0.395 e. The van der Waals surface area contributed by atoms with Crippen LogP contribution in [-0.2, 0) is 14.8 Å². The quantitative estimate of drug-likeness (QED) is 0.412. The highest BCUT2D eigenvalue weighted by atomic mass is 79.9. The van der Waals surface area contributed by atoms with Gasteiger partial charge in [-0.25, -0.2) is 8.42 Å². The topological polar surface area (TPSA) is 70.1 Å². The fraction of sp³-hybridized carbons (Fsp3) is 0.727. The maximum Gasteiger partial charge on any atom is 0.243 e. The molecule has 0 aliphatic heterocycles. The second kappa shape index (κ2) is 13.1. The van der Waals surface area contributed by atoms with Gasteiger partial charge in [0.05, 0.1) is 17.6 Å². The summed E-state index contributed by atoms with van der Waals surface area (Å²) in [4.78, 5) is 2.50. The minimum absolute atomic E-state index is 0.0365. The molecule has 0 atom stereocenters. The molecular weight excluding hydrogens is 468 g/mol. The molecule has 2 rings (SSSR count). The predicted molar refractivity (Wildman–Crippen MR) is 124 cm³/mol. The Balaban J connectivity index is 1.63. The summed E-state index contributed by atoms with van der Waals surface area (Å²) in [6.07, 6.45) is 8.33. The molecule has 1 aliphatic carbocycles. The second-order valence-electron chi connectivity index (χ2n) is 8.22. The first-order valence-electron chi connectivity index (χ1n) is 11.0. The van der Waals surface area contributed by atoms with Crippen LogP contribution in [-0.4, -0.2) is 75.3 Å². The van der Waals surface area contributed by atoms with Gasteiger partial charge in [-0.3, -0.25) is 0 Å². The van der Waals surface area contributed by atoms with Crippen LogP contribution in [0.4, 0.5) is 0 Å². The third kappa shape index (κ3) is 8.20. The molecule has 0 unspecified atom stereocenters. The molecule has 1 aromatic rings.